The predicted octanol–water partition coefficient (Wildman–Crippen LogP) is 3.85. The van der Waals surface area contributed by atoms with E-state index >= 15 is 0 Å². The van der Waals surface area contributed by atoms with Gasteiger partial charge in [-0.2, -0.15) is 0 Å². The lowest BCUT2D eigenvalue weighted by Crippen LogP contribution is -2.45. The minimum Gasteiger partial charge on any atom is -0.497 e. The Morgan fingerprint density at radius 3 is 2.15 bits per heavy atom. The number of nitrogens with zero attached hydrogens (tertiary/aromatic N) is 2. The summed E-state index contributed by atoms with van der Waals surface area (Å²) in [5, 5.41) is 0. The molecule has 0 aliphatic carbocycles. The molecule has 1 saturated heterocycles. The van der Waals surface area contributed by atoms with Gasteiger partial charge in [0.05, 0.1) is 7.11 Å². The Labute approximate surface area is 156 Å². The maximum Gasteiger partial charge on any atom is 0.254 e. The Morgan fingerprint density at radius 2 is 1.63 bits per heavy atom. The average Bonchev–Trinajstić information content (AvgIpc) is 2.70. The van der Waals surface area contributed by atoms with Crippen LogP contribution >= 0.6 is 0 Å². The monoisotopic (exact) mass is 378 g/mol. The highest BCUT2D eigenvalue weighted by atomic mass is 19.2. The van der Waals surface area contributed by atoms with Crippen molar-refractivity contribution in [1.29, 1.82) is 0 Å². The second-order valence-corrected chi connectivity index (χ2v) is 6.59. The number of methoxy groups -OCH3 is 1. The molecular weight excluding hydrogens is 357 g/mol. The summed E-state index contributed by atoms with van der Waals surface area (Å²) in [5.74, 6) is -4.02. The van der Waals surface area contributed by atoms with Gasteiger partial charge in [0.25, 0.3) is 5.91 Å². The molecule has 0 unspecified atom stereocenters. The first-order chi connectivity index (χ1) is 12.9. The van der Waals surface area contributed by atoms with Crippen molar-refractivity contribution in [3.63, 3.8) is 0 Å². The van der Waals surface area contributed by atoms with Gasteiger partial charge in [-0.15, -0.1) is 0 Å². The Morgan fingerprint density at radius 1 is 1.07 bits per heavy atom. The number of hydrogen-bond acceptors (Lipinski definition) is 3. The van der Waals surface area contributed by atoms with E-state index in [-0.39, 0.29) is 11.6 Å². The third-order valence-electron chi connectivity index (χ3n) is 5.00. The second-order valence-electron chi connectivity index (χ2n) is 6.59. The summed E-state index contributed by atoms with van der Waals surface area (Å²) in [5.41, 5.74) is 0.886. The van der Waals surface area contributed by atoms with Crippen LogP contribution in [-0.2, 0) is 0 Å². The molecular formula is C20H21F3N2O2. The zero-order valence-corrected chi connectivity index (χ0v) is 15.2. The van der Waals surface area contributed by atoms with Crippen molar-refractivity contribution in [2.24, 2.45) is 0 Å². The van der Waals surface area contributed by atoms with E-state index in [1.807, 2.05) is 24.3 Å². The second kappa shape index (κ2) is 7.90. The maximum absolute atomic E-state index is 13.4. The average molecular weight is 378 g/mol. The summed E-state index contributed by atoms with van der Waals surface area (Å²) in [7, 11) is 3.22. The van der Waals surface area contributed by atoms with Gasteiger partial charge < -0.3 is 14.5 Å². The van der Waals surface area contributed by atoms with Crippen LogP contribution in [0.1, 0.15) is 23.2 Å². The van der Waals surface area contributed by atoms with Crippen LogP contribution in [0.4, 0.5) is 18.9 Å². The minimum atomic E-state index is -1.57. The standard InChI is InChI=1S/C20H21F3N2O2/c1-24(20(26)13-11-17(21)19(23)18(22)12-13)14-7-9-25(10-8-14)15-3-5-16(27-2)6-4-15/h3-6,11-12,14H,7-10H2,1-2H3. The van der Waals surface area contributed by atoms with Gasteiger partial charge in [-0.1, -0.05) is 0 Å². The van der Waals surface area contributed by atoms with Crippen LogP contribution in [0.3, 0.4) is 0 Å². The molecule has 1 aliphatic heterocycles. The fourth-order valence-corrected chi connectivity index (χ4v) is 3.35. The highest BCUT2D eigenvalue weighted by Crippen LogP contribution is 2.25. The molecule has 1 amide bonds. The van der Waals surface area contributed by atoms with E-state index in [4.69, 9.17) is 4.74 Å². The topological polar surface area (TPSA) is 32.8 Å². The van der Waals surface area contributed by atoms with Crippen LogP contribution in [0.5, 0.6) is 5.75 Å². The first-order valence-electron chi connectivity index (χ1n) is 8.71. The van der Waals surface area contributed by atoms with E-state index in [0.717, 1.165) is 49.5 Å². The summed E-state index contributed by atoms with van der Waals surface area (Å²) in [6, 6.07) is 9.19. The molecule has 0 aromatic heterocycles. The lowest BCUT2D eigenvalue weighted by Gasteiger charge is -2.38. The van der Waals surface area contributed by atoms with Gasteiger partial charge in [-0.3, -0.25) is 4.79 Å². The summed E-state index contributed by atoms with van der Waals surface area (Å²) >= 11 is 0. The van der Waals surface area contributed by atoms with Crippen molar-refractivity contribution in [2.45, 2.75) is 18.9 Å². The number of benzene rings is 2. The molecule has 0 saturated carbocycles. The van der Waals surface area contributed by atoms with Crippen LogP contribution in [0.25, 0.3) is 0 Å². The molecule has 1 fully saturated rings. The van der Waals surface area contributed by atoms with Crippen LogP contribution < -0.4 is 9.64 Å². The molecule has 1 heterocycles. The van der Waals surface area contributed by atoms with Crippen molar-refractivity contribution in [2.75, 3.05) is 32.1 Å². The summed E-state index contributed by atoms with van der Waals surface area (Å²) in [4.78, 5) is 16.2. The lowest BCUT2D eigenvalue weighted by molar-refractivity contribution is 0.0708. The molecule has 7 heteroatoms. The van der Waals surface area contributed by atoms with E-state index in [1.54, 1.807) is 14.2 Å². The Kier molecular flexibility index (Phi) is 5.58. The number of rotatable bonds is 4. The number of amides is 1. The Balaban J connectivity index is 1.64. The number of piperidine rings is 1. The van der Waals surface area contributed by atoms with Gasteiger partial charge in [0.15, 0.2) is 17.5 Å². The fourth-order valence-electron chi connectivity index (χ4n) is 3.35. The number of carbonyl (C=O) groups is 1. The van der Waals surface area contributed by atoms with Crippen molar-refractivity contribution >= 4 is 11.6 Å². The number of hydrogen-bond donors (Lipinski definition) is 0. The molecule has 144 valence electrons. The predicted molar refractivity (Wildman–Crippen MR) is 96.6 cm³/mol. The largest absolute Gasteiger partial charge is 0.497 e. The highest BCUT2D eigenvalue weighted by Gasteiger charge is 2.27. The molecule has 2 aromatic carbocycles. The first-order valence-corrected chi connectivity index (χ1v) is 8.71. The zero-order chi connectivity index (χ0) is 19.6. The summed E-state index contributed by atoms with van der Waals surface area (Å²) in [6.45, 7) is 1.50. The van der Waals surface area contributed by atoms with Gasteiger partial charge >= 0.3 is 0 Å². The van der Waals surface area contributed by atoms with Crippen molar-refractivity contribution in [3.05, 3.63) is 59.4 Å². The minimum absolute atomic E-state index is 0.0526. The number of halogens is 3. The van der Waals surface area contributed by atoms with E-state index < -0.39 is 23.4 Å². The molecule has 4 nitrogen and oxygen atoms in total. The lowest BCUT2D eigenvalue weighted by atomic mass is 10.0. The summed E-state index contributed by atoms with van der Waals surface area (Å²) < 4.78 is 45.0. The smallest absolute Gasteiger partial charge is 0.254 e. The molecule has 1 aliphatic rings. The SMILES string of the molecule is COc1ccc(N2CCC(N(C)C(=O)c3cc(F)c(F)c(F)c3)CC2)cc1. The number of anilines is 1. The molecule has 27 heavy (non-hydrogen) atoms. The van der Waals surface area contributed by atoms with Crippen molar-refractivity contribution in [1.82, 2.24) is 4.90 Å². The van der Waals surface area contributed by atoms with E-state index in [2.05, 4.69) is 4.90 Å². The molecule has 0 spiro atoms. The van der Waals surface area contributed by atoms with E-state index in [9.17, 15) is 18.0 Å². The third kappa shape index (κ3) is 4.02. The van der Waals surface area contributed by atoms with E-state index in [1.165, 1.54) is 4.90 Å². The molecule has 2 aromatic rings. The Bertz CT molecular complexity index is 795. The highest BCUT2D eigenvalue weighted by molar-refractivity contribution is 5.94. The Hall–Kier alpha value is -2.70. The molecule has 0 bridgehead atoms. The molecule has 0 atom stereocenters. The number of carbonyl (C=O) groups excluding carboxylic acids is 1. The van der Waals surface area contributed by atoms with Gasteiger partial charge in [-0.05, 0) is 49.2 Å². The van der Waals surface area contributed by atoms with Crippen molar-refractivity contribution in [3.8, 4) is 5.75 Å². The van der Waals surface area contributed by atoms with Crippen molar-refractivity contribution < 1.29 is 22.7 Å². The van der Waals surface area contributed by atoms with Crippen LogP contribution in [0.2, 0.25) is 0 Å². The van der Waals surface area contributed by atoms with Crippen LogP contribution in [-0.4, -0.2) is 44.1 Å². The van der Waals surface area contributed by atoms with E-state index in [0.29, 0.717) is 0 Å². The molecule has 0 N–H and O–H groups in total. The molecule has 3 rings (SSSR count). The van der Waals surface area contributed by atoms with Crippen LogP contribution in [0.15, 0.2) is 36.4 Å². The third-order valence-corrected chi connectivity index (χ3v) is 5.00. The number of ether oxygens (including phenoxy) is 1. The summed E-state index contributed by atoms with van der Waals surface area (Å²) in [6.07, 6.45) is 1.45. The van der Waals surface area contributed by atoms with Gasteiger partial charge in [0, 0.05) is 37.4 Å². The van der Waals surface area contributed by atoms with Gasteiger partial charge in [0.1, 0.15) is 5.75 Å². The first kappa shape index (κ1) is 19.1. The molecule has 0 radical (unpaired) electrons. The normalized spacial score (nSPS) is 14.9. The maximum atomic E-state index is 13.4. The van der Waals surface area contributed by atoms with Gasteiger partial charge in [-0.25, -0.2) is 13.2 Å². The quantitative estimate of drug-likeness (QED) is 0.758. The zero-order valence-electron chi connectivity index (χ0n) is 15.2. The van der Waals surface area contributed by atoms with Gasteiger partial charge in [0.2, 0.25) is 0 Å². The van der Waals surface area contributed by atoms with Crippen LogP contribution in [0, 0.1) is 17.5 Å². The fraction of sp³-hybridized carbons (Fsp3) is 0.350.